The lowest BCUT2D eigenvalue weighted by Gasteiger charge is -2.17. The number of aromatic nitrogens is 1. The molecule has 1 atom stereocenters. The maximum atomic E-state index is 13.9. The molecule has 1 saturated heterocycles. The molecule has 4 rings (SSSR count). The Balaban J connectivity index is 1.38. The van der Waals surface area contributed by atoms with Crippen LogP contribution in [0, 0.1) is 12.7 Å². The zero-order valence-electron chi connectivity index (χ0n) is 16.3. The molecular weight excluding hydrogens is 371 g/mol. The van der Waals surface area contributed by atoms with E-state index in [-0.39, 0.29) is 30.7 Å². The number of rotatable bonds is 7. The molecule has 29 heavy (non-hydrogen) atoms. The molecule has 5 nitrogen and oxygen atoms in total. The number of nitrogens with zero attached hydrogens (tertiary/aromatic N) is 1. The van der Waals surface area contributed by atoms with Crippen molar-refractivity contribution in [1.29, 1.82) is 0 Å². The van der Waals surface area contributed by atoms with Gasteiger partial charge in [-0.1, -0.05) is 12.1 Å². The van der Waals surface area contributed by atoms with E-state index in [1.54, 1.807) is 13.1 Å². The van der Waals surface area contributed by atoms with Gasteiger partial charge in [0.1, 0.15) is 24.7 Å². The molecule has 2 aromatic carbocycles. The minimum Gasteiger partial charge on any atom is -0.485 e. The number of benzene rings is 2. The molecule has 2 heterocycles. The molecule has 1 N–H and O–H groups in total. The highest BCUT2D eigenvalue weighted by Gasteiger charge is 2.23. The Morgan fingerprint density at radius 2 is 2.24 bits per heavy atom. The van der Waals surface area contributed by atoms with Gasteiger partial charge in [-0.25, -0.2) is 4.39 Å². The summed E-state index contributed by atoms with van der Waals surface area (Å²) in [4.78, 5) is 19.6. The van der Waals surface area contributed by atoms with Crippen LogP contribution in [0.25, 0.3) is 10.9 Å². The fraction of sp³-hybridized carbons (Fsp3) is 0.304. The Kier molecular flexibility index (Phi) is 5.71. The summed E-state index contributed by atoms with van der Waals surface area (Å²) in [5.41, 5.74) is 3.41. The average Bonchev–Trinajstić information content (AvgIpc) is 3.38. The number of Topliss-reactive ketones (excluding diaryl/α,β-unsaturated/α-hetero) is 1. The summed E-state index contributed by atoms with van der Waals surface area (Å²) in [7, 11) is 0. The SMILES string of the molecule is Cc1cc(F)cc(C2CCOC2)c1OCC(=O)CN=Cc1ccc2cc[nH]c2c1. The maximum absolute atomic E-state index is 13.9. The first-order valence-electron chi connectivity index (χ1n) is 9.69. The van der Waals surface area contributed by atoms with E-state index in [1.807, 2.05) is 30.5 Å². The number of nitrogens with one attached hydrogen (secondary N) is 1. The lowest BCUT2D eigenvalue weighted by molar-refractivity contribution is -0.119. The highest BCUT2D eigenvalue weighted by atomic mass is 19.1. The van der Waals surface area contributed by atoms with Crippen molar-refractivity contribution in [2.75, 3.05) is 26.4 Å². The summed E-state index contributed by atoms with van der Waals surface area (Å²) in [6.07, 6.45) is 4.39. The van der Waals surface area contributed by atoms with Crippen LogP contribution in [-0.4, -0.2) is 43.3 Å². The molecule has 150 valence electrons. The molecule has 0 amide bonds. The van der Waals surface area contributed by atoms with Crippen LogP contribution in [0.5, 0.6) is 5.75 Å². The van der Waals surface area contributed by atoms with E-state index >= 15 is 0 Å². The van der Waals surface area contributed by atoms with Gasteiger partial charge >= 0.3 is 0 Å². The molecule has 1 aromatic heterocycles. The third-order valence-electron chi connectivity index (χ3n) is 5.10. The Morgan fingerprint density at radius 1 is 1.34 bits per heavy atom. The van der Waals surface area contributed by atoms with E-state index in [9.17, 15) is 9.18 Å². The van der Waals surface area contributed by atoms with Gasteiger partial charge in [0.2, 0.25) is 0 Å². The topological polar surface area (TPSA) is 63.7 Å². The number of H-pyrrole nitrogens is 1. The van der Waals surface area contributed by atoms with Crippen molar-refractivity contribution in [3.05, 3.63) is 65.1 Å². The van der Waals surface area contributed by atoms with Crippen LogP contribution in [0.15, 0.2) is 47.6 Å². The van der Waals surface area contributed by atoms with Crippen LogP contribution in [0.4, 0.5) is 4.39 Å². The number of ketones is 1. The van der Waals surface area contributed by atoms with Crippen molar-refractivity contribution in [3.8, 4) is 5.75 Å². The largest absolute Gasteiger partial charge is 0.485 e. The second kappa shape index (κ2) is 8.57. The lowest BCUT2D eigenvalue weighted by Crippen LogP contribution is -2.16. The van der Waals surface area contributed by atoms with Gasteiger partial charge in [-0.3, -0.25) is 9.79 Å². The van der Waals surface area contributed by atoms with Crippen LogP contribution < -0.4 is 4.74 Å². The van der Waals surface area contributed by atoms with Crippen molar-refractivity contribution in [2.24, 2.45) is 4.99 Å². The van der Waals surface area contributed by atoms with E-state index in [0.717, 1.165) is 28.5 Å². The first kappa shape index (κ1) is 19.3. The molecule has 0 bridgehead atoms. The second-order valence-electron chi connectivity index (χ2n) is 7.32. The third kappa shape index (κ3) is 4.54. The lowest BCUT2D eigenvalue weighted by atomic mass is 9.95. The minimum absolute atomic E-state index is 0.0326. The average molecular weight is 394 g/mol. The highest BCUT2D eigenvalue weighted by molar-refractivity contribution is 5.90. The number of carbonyl (C=O) groups is 1. The van der Waals surface area contributed by atoms with Gasteiger partial charge in [-0.15, -0.1) is 0 Å². The molecule has 6 heteroatoms. The molecule has 1 aliphatic heterocycles. The fourth-order valence-electron chi connectivity index (χ4n) is 3.63. The van der Waals surface area contributed by atoms with Crippen molar-refractivity contribution < 1.29 is 18.7 Å². The highest BCUT2D eigenvalue weighted by Crippen LogP contribution is 2.35. The fourth-order valence-corrected chi connectivity index (χ4v) is 3.63. The van der Waals surface area contributed by atoms with Crippen molar-refractivity contribution in [1.82, 2.24) is 4.98 Å². The van der Waals surface area contributed by atoms with E-state index in [2.05, 4.69) is 9.98 Å². The summed E-state index contributed by atoms with van der Waals surface area (Å²) < 4.78 is 25.1. The molecule has 1 aliphatic rings. The third-order valence-corrected chi connectivity index (χ3v) is 5.10. The van der Waals surface area contributed by atoms with Crippen LogP contribution in [0.1, 0.15) is 29.0 Å². The van der Waals surface area contributed by atoms with Gasteiger partial charge in [-0.2, -0.15) is 0 Å². The zero-order chi connectivity index (χ0) is 20.2. The van der Waals surface area contributed by atoms with E-state index in [4.69, 9.17) is 9.47 Å². The first-order chi connectivity index (χ1) is 14.1. The Hall–Kier alpha value is -2.99. The molecule has 3 aromatic rings. The molecule has 0 saturated carbocycles. The Labute approximate surface area is 168 Å². The summed E-state index contributed by atoms with van der Waals surface area (Å²) in [5.74, 6) is 0.234. The molecular formula is C23H23FN2O3. The van der Waals surface area contributed by atoms with Crippen molar-refractivity contribution in [3.63, 3.8) is 0 Å². The van der Waals surface area contributed by atoms with Gasteiger partial charge in [0.05, 0.1) is 6.61 Å². The second-order valence-corrected chi connectivity index (χ2v) is 7.32. The van der Waals surface area contributed by atoms with Crippen LogP contribution in [0.2, 0.25) is 0 Å². The molecule has 1 unspecified atom stereocenters. The molecule has 0 radical (unpaired) electrons. The summed E-state index contributed by atoms with van der Waals surface area (Å²) >= 11 is 0. The number of aryl methyl sites for hydroxylation is 1. The number of carbonyl (C=O) groups excluding carboxylic acids is 1. The molecule has 1 fully saturated rings. The summed E-state index contributed by atoms with van der Waals surface area (Å²) in [6.45, 7) is 2.92. The predicted molar refractivity (Wildman–Crippen MR) is 111 cm³/mol. The van der Waals surface area contributed by atoms with Crippen molar-refractivity contribution in [2.45, 2.75) is 19.3 Å². The molecule has 0 spiro atoms. The number of aromatic amines is 1. The zero-order valence-corrected chi connectivity index (χ0v) is 16.3. The van der Waals surface area contributed by atoms with Gasteiger partial charge in [0, 0.05) is 36.0 Å². The van der Waals surface area contributed by atoms with E-state index in [1.165, 1.54) is 12.1 Å². The van der Waals surface area contributed by atoms with Gasteiger partial charge in [0.25, 0.3) is 0 Å². The minimum atomic E-state index is -0.299. The van der Waals surface area contributed by atoms with Crippen LogP contribution >= 0.6 is 0 Å². The van der Waals surface area contributed by atoms with Crippen LogP contribution in [0.3, 0.4) is 0 Å². The van der Waals surface area contributed by atoms with E-state index < -0.39 is 0 Å². The van der Waals surface area contributed by atoms with Gasteiger partial charge in [0.15, 0.2) is 5.78 Å². The summed E-state index contributed by atoms with van der Waals surface area (Å²) in [6, 6.07) is 10.9. The number of fused-ring (bicyclic) bond motifs is 1. The van der Waals surface area contributed by atoms with Gasteiger partial charge in [-0.05, 0) is 54.1 Å². The number of ether oxygens (including phenoxy) is 2. The number of hydrogen-bond acceptors (Lipinski definition) is 4. The number of aliphatic imine (C=N–C) groups is 1. The normalized spacial score (nSPS) is 16.7. The smallest absolute Gasteiger partial charge is 0.191 e. The first-order valence-corrected chi connectivity index (χ1v) is 9.69. The van der Waals surface area contributed by atoms with Crippen LogP contribution in [-0.2, 0) is 9.53 Å². The predicted octanol–water partition coefficient (Wildman–Crippen LogP) is 4.19. The number of halogens is 1. The molecule has 0 aliphatic carbocycles. The Bertz CT molecular complexity index is 1050. The maximum Gasteiger partial charge on any atom is 0.191 e. The number of hydrogen-bond donors (Lipinski definition) is 1. The standard InChI is InChI=1S/C23H23FN2O3/c1-15-8-19(24)10-21(18-5-7-28-13-18)23(15)29-14-20(27)12-25-11-16-2-3-17-4-6-26-22(17)9-16/h2-4,6,8-11,18,26H,5,7,12-14H2,1H3. The van der Waals surface area contributed by atoms with E-state index in [0.29, 0.717) is 24.5 Å². The monoisotopic (exact) mass is 394 g/mol. The quantitative estimate of drug-likeness (QED) is 0.611. The summed E-state index contributed by atoms with van der Waals surface area (Å²) in [5, 5.41) is 1.13. The van der Waals surface area contributed by atoms with Crippen molar-refractivity contribution >= 4 is 22.9 Å². The Morgan fingerprint density at radius 3 is 3.07 bits per heavy atom. The van der Waals surface area contributed by atoms with Gasteiger partial charge < -0.3 is 14.5 Å².